The number of carbonyl (C=O) groups is 1. The molecule has 0 aliphatic carbocycles. The van der Waals surface area contributed by atoms with Gasteiger partial charge in [-0.05, 0) is 12.1 Å². The van der Waals surface area contributed by atoms with Crippen LogP contribution >= 0.6 is 22.9 Å². The number of aromatic nitrogens is 5. The molecular formula is C21H22ClN7O4S. The summed E-state index contributed by atoms with van der Waals surface area (Å²) >= 11 is 7.85. The van der Waals surface area contributed by atoms with Crippen molar-refractivity contribution in [3.05, 3.63) is 44.3 Å². The molecule has 0 bridgehead atoms. The quantitative estimate of drug-likeness (QED) is 0.409. The Kier molecular flexibility index (Phi) is 5.56. The van der Waals surface area contributed by atoms with E-state index in [-0.39, 0.29) is 23.6 Å². The molecule has 0 radical (unpaired) electrons. The Labute approximate surface area is 202 Å². The van der Waals surface area contributed by atoms with Gasteiger partial charge in [0.1, 0.15) is 17.8 Å². The summed E-state index contributed by atoms with van der Waals surface area (Å²) in [5, 5.41) is 1.46. The van der Waals surface area contributed by atoms with Crippen LogP contribution in [0.5, 0.6) is 5.75 Å². The maximum Gasteiger partial charge on any atom is 0.332 e. The fraction of sp³-hybridized carbons (Fsp3) is 0.381. The van der Waals surface area contributed by atoms with Crippen LogP contribution in [-0.4, -0.2) is 67.8 Å². The number of hydrogen-bond donors (Lipinski definition) is 0. The normalized spacial score (nSPS) is 14.4. The Balaban J connectivity index is 1.32. The lowest BCUT2D eigenvalue weighted by atomic mass is 10.3. The second kappa shape index (κ2) is 8.44. The van der Waals surface area contributed by atoms with Crippen molar-refractivity contribution in [2.24, 2.45) is 14.1 Å². The maximum absolute atomic E-state index is 13.0. The smallest absolute Gasteiger partial charge is 0.332 e. The molecule has 1 aliphatic rings. The molecule has 1 aromatic carbocycles. The van der Waals surface area contributed by atoms with Crippen LogP contribution in [-0.2, 0) is 25.4 Å². The second-order valence-corrected chi connectivity index (χ2v) is 9.43. The van der Waals surface area contributed by atoms with Crippen molar-refractivity contribution in [2.45, 2.75) is 6.54 Å². The number of carbonyl (C=O) groups excluding carboxylic acids is 1. The summed E-state index contributed by atoms with van der Waals surface area (Å²) in [6.07, 6.45) is 1.43. The zero-order valence-electron chi connectivity index (χ0n) is 18.8. The number of aryl methyl sites for hydroxylation is 1. The first-order valence-electron chi connectivity index (χ1n) is 10.6. The number of thiazole rings is 1. The first kappa shape index (κ1) is 22.4. The van der Waals surface area contributed by atoms with E-state index in [2.05, 4.69) is 9.88 Å². The molecule has 4 heterocycles. The number of piperazine rings is 1. The topological polar surface area (TPSA) is 107 Å². The number of hydrogen-bond acceptors (Lipinski definition) is 8. The number of fused-ring (bicyclic) bond motifs is 2. The predicted molar refractivity (Wildman–Crippen MR) is 130 cm³/mol. The molecule has 0 atom stereocenters. The van der Waals surface area contributed by atoms with Gasteiger partial charge in [-0.2, -0.15) is 0 Å². The zero-order chi connectivity index (χ0) is 24.1. The Morgan fingerprint density at radius 2 is 1.88 bits per heavy atom. The van der Waals surface area contributed by atoms with Crippen LogP contribution in [0.3, 0.4) is 0 Å². The van der Waals surface area contributed by atoms with Crippen LogP contribution in [0.1, 0.15) is 0 Å². The highest BCUT2D eigenvalue weighted by atomic mass is 35.5. The van der Waals surface area contributed by atoms with Gasteiger partial charge in [-0.25, -0.2) is 14.8 Å². The third kappa shape index (κ3) is 3.53. The van der Waals surface area contributed by atoms with E-state index in [0.717, 1.165) is 19.9 Å². The Morgan fingerprint density at radius 1 is 1.15 bits per heavy atom. The van der Waals surface area contributed by atoms with E-state index in [1.807, 2.05) is 0 Å². The summed E-state index contributed by atoms with van der Waals surface area (Å²) < 4.78 is 10.1. The molecule has 1 aliphatic heterocycles. The number of ether oxygens (including phenoxy) is 1. The standard InChI is InChI=1S/C21H22ClN7O4S/c1-25-18-16(19(31)26(2)21(25)32)29(11-23-18)10-14(30)27-6-8-28(9-7-27)20-24-15-13(33-3)5-4-12(22)17(15)34-20/h4-5,11H,6-10H2,1-3H3. The van der Waals surface area contributed by atoms with Crippen LogP contribution in [0, 0.1) is 0 Å². The van der Waals surface area contributed by atoms with E-state index in [9.17, 15) is 14.4 Å². The number of imidazole rings is 1. The first-order valence-corrected chi connectivity index (χ1v) is 11.8. The maximum atomic E-state index is 13.0. The molecular weight excluding hydrogens is 482 g/mol. The minimum Gasteiger partial charge on any atom is -0.494 e. The van der Waals surface area contributed by atoms with E-state index in [0.29, 0.717) is 37.0 Å². The first-order chi connectivity index (χ1) is 16.3. The second-order valence-electron chi connectivity index (χ2n) is 8.04. The molecule has 178 valence electrons. The number of benzene rings is 1. The minimum atomic E-state index is -0.474. The van der Waals surface area contributed by atoms with Gasteiger partial charge in [0.25, 0.3) is 5.56 Å². The lowest BCUT2D eigenvalue weighted by Gasteiger charge is -2.34. The molecule has 0 N–H and O–H groups in total. The third-order valence-corrected chi connectivity index (χ3v) is 7.67. The summed E-state index contributed by atoms with van der Waals surface area (Å²) in [6.45, 7) is 2.24. The fourth-order valence-electron chi connectivity index (χ4n) is 4.15. The zero-order valence-corrected chi connectivity index (χ0v) is 20.4. The van der Waals surface area contributed by atoms with Crippen molar-refractivity contribution in [2.75, 3.05) is 38.2 Å². The third-order valence-electron chi connectivity index (χ3n) is 6.09. The number of rotatable bonds is 4. The van der Waals surface area contributed by atoms with Gasteiger partial charge in [0.15, 0.2) is 16.3 Å². The van der Waals surface area contributed by atoms with Crippen LogP contribution in [0.4, 0.5) is 5.13 Å². The van der Waals surface area contributed by atoms with E-state index < -0.39 is 11.2 Å². The molecule has 13 heteroatoms. The number of methoxy groups -OCH3 is 1. The van der Waals surface area contributed by atoms with Gasteiger partial charge >= 0.3 is 5.69 Å². The van der Waals surface area contributed by atoms with Gasteiger partial charge in [-0.3, -0.25) is 18.7 Å². The molecule has 4 aromatic rings. The van der Waals surface area contributed by atoms with Crippen molar-refractivity contribution >= 4 is 55.4 Å². The van der Waals surface area contributed by atoms with Crippen LogP contribution in [0.25, 0.3) is 21.4 Å². The largest absolute Gasteiger partial charge is 0.494 e. The van der Waals surface area contributed by atoms with E-state index in [1.54, 1.807) is 31.2 Å². The summed E-state index contributed by atoms with van der Waals surface area (Å²) in [4.78, 5) is 50.5. The number of anilines is 1. The van der Waals surface area contributed by atoms with Gasteiger partial charge in [0.2, 0.25) is 5.91 Å². The number of halogens is 1. The molecule has 1 fully saturated rings. The van der Waals surface area contributed by atoms with Crippen LogP contribution in [0.15, 0.2) is 28.0 Å². The lowest BCUT2D eigenvalue weighted by molar-refractivity contribution is -0.132. The van der Waals surface area contributed by atoms with Gasteiger partial charge < -0.3 is 19.1 Å². The van der Waals surface area contributed by atoms with E-state index in [1.165, 1.54) is 33.8 Å². The summed E-state index contributed by atoms with van der Waals surface area (Å²) in [5.74, 6) is 0.552. The van der Waals surface area contributed by atoms with Crippen molar-refractivity contribution in [3.8, 4) is 5.75 Å². The van der Waals surface area contributed by atoms with Crippen molar-refractivity contribution in [1.29, 1.82) is 0 Å². The highest BCUT2D eigenvalue weighted by molar-refractivity contribution is 7.22. The van der Waals surface area contributed by atoms with Crippen molar-refractivity contribution in [1.82, 2.24) is 28.6 Å². The minimum absolute atomic E-state index is 0.0299. The number of amides is 1. The monoisotopic (exact) mass is 503 g/mol. The van der Waals surface area contributed by atoms with Gasteiger partial charge in [0, 0.05) is 40.3 Å². The summed E-state index contributed by atoms with van der Waals surface area (Å²) in [6, 6.07) is 3.60. The summed E-state index contributed by atoms with van der Waals surface area (Å²) in [7, 11) is 4.56. The molecule has 1 amide bonds. The molecule has 5 rings (SSSR count). The van der Waals surface area contributed by atoms with Gasteiger partial charge in [-0.15, -0.1) is 0 Å². The van der Waals surface area contributed by atoms with Crippen molar-refractivity contribution in [3.63, 3.8) is 0 Å². The lowest BCUT2D eigenvalue weighted by Crippen LogP contribution is -2.49. The van der Waals surface area contributed by atoms with Crippen molar-refractivity contribution < 1.29 is 9.53 Å². The SMILES string of the molecule is COc1ccc(Cl)c2sc(N3CCN(C(=O)Cn4cnc5c4c(=O)n(C)c(=O)n5C)CC3)nc12. The predicted octanol–water partition coefficient (Wildman–Crippen LogP) is 1.05. The molecule has 0 saturated carbocycles. The van der Waals surface area contributed by atoms with Gasteiger partial charge in [0.05, 0.1) is 23.2 Å². The fourth-order valence-corrected chi connectivity index (χ4v) is 5.46. The molecule has 3 aromatic heterocycles. The Bertz CT molecular complexity index is 1540. The molecule has 34 heavy (non-hydrogen) atoms. The van der Waals surface area contributed by atoms with E-state index in [4.69, 9.17) is 21.3 Å². The Morgan fingerprint density at radius 3 is 2.59 bits per heavy atom. The van der Waals surface area contributed by atoms with E-state index >= 15 is 0 Å². The van der Waals surface area contributed by atoms with Gasteiger partial charge in [-0.1, -0.05) is 22.9 Å². The average Bonchev–Trinajstić information content (AvgIpc) is 3.47. The molecule has 0 unspecified atom stereocenters. The number of nitrogens with zero attached hydrogens (tertiary/aromatic N) is 7. The van der Waals surface area contributed by atoms with Crippen LogP contribution < -0.4 is 20.9 Å². The Hall–Kier alpha value is -3.38. The average molecular weight is 504 g/mol. The highest BCUT2D eigenvalue weighted by Gasteiger charge is 2.25. The molecule has 11 nitrogen and oxygen atoms in total. The highest BCUT2D eigenvalue weighted by Crippen LogP contribution is 2.38. The molecule has 0 spiro atoms. The van der Waals surface area contributed by atoms with Crippen LogP contribution in [0.2, 0.25) is 5.02 Å². The summed E-state index contributed by atoms with van der Waals surface area (Å²) in [5.41, 5.74) is 0.293. The molecule has 1 saturated heterocycles.